The van der Waals surface area contributed by atoms with Crippen LogP contribution >= 0.6 is 11.8 Å². The zero-order chi connectivity index (χ0) is 11.6. The molecule has 0 aliphatic carbocycles. The van der Waals surface area contributed by atoms with Crippen LogP contribution in [0.15, 0.2) is 12.7 Å². The predicted molar refractivity (Wildman–Crippen MR) is 59.4 cm³/mol. The summed E-state index contributed by atoms with van der Waals surface area (Å²) < 4.78 is 4.67. The van der Waals surface area contributed by atoms with Gasteiger partial charge in [0.25, 0.3) is 0 Å². The minimum Gasteiger partial charge on any atom is -0.467 e. The third-order valence-electron chi connectivity index (χ3n) is 2.37. The van der Waals surface area contributed by atoms with Crippen molar-refractivity contribution in [3.05, 3.63) is 12.7 Å². The van der Waals surface area contributed by atoms with E-state index in [0.717, 1.165) is 0 Å². The summed E-state index contributed by atoms with van der Waals surface area (Å²) in [5, 5.41) is 0. The van der Waals surface area contributed by atoms with Gasteiger partial charge in [0.2, 0.25) is 5.91 Å². The van der Waals surface area contributed by atoms with Crippen molar-refractivity contribution in [2.24, 2.45) is 0 Å². The standard InChI is InChI=1S/C10H15NO3S/c1-5-8(12)11-7(9(13)14-4)6-15-10(11,2)3/h5,7H,1,6H2,2-4H3. The van der Waals surface area contributed by atoms with E-state index in [-0.39, 0.29) is 16.7 Å². The van der Waals surface area contributed by atoms with Gasteiger partial charge in [0, 0.05) is 5.75 Å². The van der Waals surface area contributed by atoms with Crippen LogP contribution in [0.25, 0.3) is 0 Å². The Morgan fingerprint density at radius 3 is 2.67 bits per heavy atom. The number of hydrogen-bond acceptors (Lipinski definition) is 4. The average Bonchev–Trinajstić information content (AvgIpc) is 2.52. The number of amides is 1. The van der Waals surface area contributed by atoms with Gasteiger partial charge in [-0.15, -0.1) is 11.8 Å². The SMILES string of the molecule is C=CC(=O)N1C(C(=O)OC)CSC1(C)C. The Hall–Kier alpha value is -0.970. The lowest BCUT2D eigenvalue weighted by atomic mass is 10.2. The molecule has 1 amide bonds. The maximum absolute atomic E-state index is 11.6. The molecule has 5 heteroatoms. The van der Waals surface area contributed by atoms with Crippen LogP contribution in [0.3, 0.4) is 0 Å². The van der Waals surface area contributed by atoms with E-state index in [0.29, 0.717) is 5.75 Å². The molecule has 0 spiro atoms. The van der Waals surface area contributed by atoms with Crippen LogP contribution in [-0.4, -0.2) is 40.6 Å². The topological polar surface area (TPSA) is 46.6 Å². The summed E-state index contributed by atoms with van der Waals surface area (Å²) in [6.07, 6.45) is 1.23. The highest BCUT2D eigenvalue weighted by Crippen LogP contribution is 2.39. The number of esters is 1. The second-order valence-electron chi connectivity index (χ2n) is 3.71. The number of nitrogens with zero attached hydrogens (tertiary/aromatic N) is 1. The number of hydrogen-bond donors (Lipinski definition) is 0. The molecule has 15 heavy (non-hydrogen) atoms. The normalized spacial score (nSPS) is 23.7. The van der Waals surface area contributed by atoms with Gasteiger partial charge >= 0.3 is 5.97 Å². The van der Waals surface area contributed by atoms with Crippen molar-refractivity contribution in [2.45, 2.75) is 24.8 Å². The molecular weight excluding hydrogens is 214 g/mol. The largest absolute Gasteiger partial charge is 0.467 e. The third kappa shape index (κ3) is 2.17. The molecule has 1 aliphatic heterocycles. The number of rotatable bonds is 2. The highest BCUT2D eigenvalue weighted by atomic mass is 32.2. The van der Waals surface area contributed by atoms with E-state index in [2.05, 4.69) is 11.3 Å². The summed E-state index contributed by atoms with van der Waals surface area (Å²) >= 11 is 1.56. The molecule has 0 aromatic rings. The van der Waals surface area contributed by atoms with E-state index in [1.165, 1.54) is 18.1 Å². The van der Waals surface area contributed by atoms with Gasteiger partial charge in [-0.2, -0.15) is 0 Å². The van der Waals surface area contributed by atoms with E-state index in [9.17, 15) is 9.59 Å². The lowest BCUT2D eigenvalue weighted by Gasteiger charge is -2.32. The molecule has 1 fully saturated rings. The summed E-state index contributed by atoms with van der Waals surface area (Å²) in [6.45, 7) is 7.25. The molecule has 0 bridgehead atoms. The van der Waals surface area contributed by atoms with Crippen molar-refractivity contribution < 1.29 is 14.3 Å². The maximum Gasteiger partial charge on any atom is 0.329 e. The van der Waals surface area contributed by atoms with Crippen LogP contribution in [0.2, 0.25) is 0 Å². The number of methoxy groups -OCH3 is 1. The molecule has 1 saturated heterocycles. The monoisotopic (exact) mass is 229 g/mol. The maximum atomic E-state index is 11.6. The van der Waals surface area contributed by atoms with Crippen molar-refractivity contribution in [1.82, 2.24) is 4.90 Å². The first-order chi connectivity index (χ1) is 6.94. The smallest absolute Gasteiger partial charge is 0.329 e. The van der Waals surface area contributed by atoms with Gasteiger partial charge in [-0.05, 0) is 19.9 Å². The Labute approximate surface area is 93.6 Å². The highest BCUT2D eigenvalue weighted by Gasteiger charge is 2.46. The molecule has 1 unspecified atom stereocenters. The van der Waals surface area contributed by atoms with Gasteiger partial charge < -0.3 is 9.64 Å². The Morgan fingerprint density at radius 2 is 2.20 bits per heavy atom. The second-order valence-corrected chi connectivity index (χ2v) is 5.33. The highest BCUT2D eigenvalue weighted by molar-refractivity contribution is 8.00. The fourth-order valence-electron chi connectivity index (χ4n) is 1.63. The first kappa shape index (κ1) is 12.1. The summed E-state index contributed by atoms with van der Waals surface area (Å²) in [5.74, 6) is -0.0390. The molecule has 1 heterocycles. The fraction of sp³-hybridized carbons (Fsp3) is 0.600. The lowest BCUT2D eigenvalue weighted by Crippen LogP contribution is -2.49. The number of carbonyl (C=O) groups is 2. The second kappa shape index (κ2) is 4.26. The predicted octanol–water partition coefficient (Wildman–Crippen LogP) is 1.03. The first-order valence-electron chi connectivity index (χ1n) is 4.61. The number of ether oxygens (including phenoxy) is 1. The first-order valence-corrected chi connectivity index (χ1v) is 5.60. The summed E-state index contributed by atoms with van der Waals surface area (Å²) in [7, 11) is 1.33. The Balaban J connectivity index is 2.96. The summed E-state index contributed by atoms with van der Waals surface area (Å²) in [4.78, 5) is 24.3. The zero-order valence-corrected chi connectivity index (χ0v) is 9.97. The molecule has 1 aliphatic rings. The van der Waals surface area contributed by atoms with Crippen molar-refractivity contribution >= 4 is 23.6 Å². The molecule has 4 nitrogen and oxygen atoms in total. The van der Waals surface area contributed by atoms with E-state index in [4.69, 9.17) is 0 Å². The van der Waals surface area contributed by atoms with Gasteiger partial charge in [-0.25, -0.2) is 4.79 Å². The van der Waals surface area contributed by atoms with Crippen molar-refractivity contribution in [3.8, 4) is 0 Å². The van der Waals surface area contributed by atoms with Gasteiger partial charge in [0.1, 0.15) is 6.04 Å². The molecule has 0 saturated carbocycles. The minimum atomic E-state index is -0.500. The van der Waals surface area contributed by atoms with E-state index < -0.39 is 6.04 Å². The van der Waals surface area contributed by atoms with Crippen molar-refractivity contribution in [1.29, 1.82) is 0 Å². The Morgan fingerprint density at radius 1 is 1.60 bits per heavy atom. The summed E-state index contributed by atoms with van der Waals surface area (Å²) in [5.41, 5.74) is 0. The molecule has 0 N–H and O–H groups in total. The van der Waals surface area contributed by atoms with Crippen LogP contribution in [-0.2, 0) is 14.3 Å². The van der Waals surface area contributed by atoms with Gasteiger partial charge in [0.05, 0.1) is 12.0 Å². The molecule has 0 radical (unpaired) electrons. The summed E-state index contributed by atoms with van der Waals surface area (Å²) in [6, 6.07) is -0.500. The molecule has 1 atom stereocenters. The van der Waals surface area contributed by atoms with E-state index in [1.807, 2.05) is 13.8 Å². The lowest BCUT2D eigenvalue weighted by molar-refractivity contribution is -0.151. The quantitative estimate of drug-likeness (QED) is 0.524. The Kier molecular flexibility index (Phi) is 3.44. The molecular formula is C10H15NO3S. The average molecular weight is 229 g/mol. The van der Waals surface area contributed by atoms with Crippen LogP contribution in [0.5, 0.6) is 0 Å². The van der Waals surface area contributed by atoms with Crippen molar-refractivity contribution in [2.75, 3.05) is 12.9 Å². The fourth-order valence-corrected chi connectivity index (χ4v) is 2.84. The van der Waals surface area contributed by atoms with Crippen LogP contribution in [0.4, 0.5) is 0 Å². The van der Waals surface area contributed by atoms with E-state index >= 15 is 0 Å². The van der Waals surface area contributed by atoms with Gasteiger partial charge in [0.15, 0.2) is 0 Å². The number of carbonyl (C=O) groups excluding carboxylic acids is 2. The third-order valence-corrected chi connectivity index (χ3v) is 3.76. The number of thioether (sulfide) groups is 1. The molecule has 0 aromatic carbocycles. The van der Waals surface area contributed by atoms with E-state index in [1.54, 1.807) is 11.8 Å². The minimum absolute atomic E-state index is 0.236. The van der Waals surface area contributed by atoms with Crippen molar-refractivity contribution in [3.63, 3.8) is 0 Å². The zero-order valence-electron chi connectivity index (χ0n) is 9.15. The molecule has 84 valence electrons. The van der Waals surface area contributed by atoms with Crippen LogP contribution in [0.1, 0.15) is 13.8 Å². The Bertz CT molecular complexity index is 301. The van der Waals surface area contributed by atoms with Gasteiger partial charge in [-0.1, -0.05) is 6.58 Å². The molecule has 1 rings (SSSR count). The van der Waals surface area contributed by atoms with Crippen LogP contribution < -0.4 is 0 Å². The molecule has 0 aromatic heterocycles. The van der Waals surface area contributed by atoms with Crippen LogP contribution in [0, 0.1) is 0 Å². The van der Waals surface area contributed by atoms with Gasteiger partial charge in [-0.3, -0.25) is 4.79 Å².